The van der Waals surface area contributed by atoms with Crippen LogP contribution in [0.2, 0.25) is 5.02 Å². The van der Waals surface area contributed by atoms with Gasteiger partial charge in [0.15, 0.2) is 0 Å². The van der Waals surface area contributed by atoms with E-state index in [0.717, 1.165) is 11.1 Å². The largest absolute Gasteiger partial charge is 0.348 e. The predicted molar refractivity (Wildman–Crippen MR) is 114 cm³/mol. The quantitative estimate of drug-likeness (QED) is 0.618. The summed E-state index contributed by atoms with van der Waals surface area (Å²) in [5.41, 5.74) is 2.47. The molecule has 6 heteroatoms. The number of anilines is 2. The van der Waals surface area contributed by atoms with Crippen LogP contribution in [-0.2, 0) is 0 Å². The van der Waals surface area contributed by atoms with Gasteiger partial charge in [0.25, 0.3) is 5.91 Å². The summed E-state index contributed by atoms with van der Waals surface area (Å²) >= 11 is 6.19. The average molecular weight is 395 g/mol. The van der Waals surface area contributed by atoms with Gasteiger partial charge in [-0.1, -0.05) is 48.0 Å². The van der Waals surface area contributed by atoms with E-state index < -0.39 is 0 Å². The normalized spacial score (nSPS) is 11.7. The highest BCUT2D eigenvalue weighted by atomic mass is 35.5. The summed E-state index contributed by atoms with van der Waals surface area (Å²) in [5.74, 6) is 0.885. The van der Waals surface area contributed by atoms with Crippen molar-refractivity contribution in [2.24, 2.45) is 0 Å². The fourth-order valence-corrected chi connectivity index (χ4v) is 3.16. The number of benzene rings is 2. The standard InChI is InChI=1S/C22H23ClN4O/c1-4-27(21(28)18-11-8-12-19(23)15(18)2)20-13-14-24-22(26-20)25-16(3)17-9-6-5-7-10-17/h5-14,16H,4H2,1-3H3,(H,24,25,26)/t16-/m0/s1. The first-order chi connectivity index (χ1) is 13.5. The molecular formula is C22H23ClN4O. The Bertz CT molecular complexity index is 962. The zero-order valence-corrected chi connectivity index (χ0v) is 16.9. The van der Waals surface area contributed by atoms with Crippen LogP contribution in [0.3, 0.4) is 0 Å². The van der Waals surface area contributed by atoms with Crippen molar-refractivity contribution in [2.75, 3.05) is 16.8 Å². The van der Waals surface area contributed by atoms with Crippen LogP contribution >= 0.6 is 11.6 Å². The monoisotopic (exact) mass is 394 g/mol. The number of hydrogen-bond acceptors (Lipinski definition) is 4. The molecular weight excluding hydrogens is 372 g/mol. The highest BCUT2D eigenvalue weighted by Gasteiger charge is 2.20. The molecule has 0 bridgehead atoms. The number of carbonyl (C=O) groups is 1. The van der Waals surface area contributed by atoms with Gasteiger partial charge >= 0.3 is 0 Å². The van der Waals surface area contributed by atoms with E-state index in [1.165, 1.54) is 0 Å². The van der Waals surface area contributed by atoms with Gasteiger partial charge in [-0.05, 0) is 50.1 Å². The van der Waals surface area contributed by atoms with Crippen LogP contribution in [0, 0.1) is 6.92 Å². The van der Waals surface area contributed by atoms with Crippen molar-refractivity contribution in [1.82, 2.24) is 9.97 Å². The molecule has 28 heavy (non-hydrogen) atoms. The first-order valence-electron chi connectivity index (χ1n) is 9.22. The molecule has 1 heterocycles. The van der Waals surface area contributed by atoms with E-state index >= 15 is 0 Å². The maximum absolute atomic E-state index is 13.1. The maximum atomic E-state index is 13.1. The number of rotatable bonds is 6. The smallest absolute Gasteiger partial charge is 0.259 e. The molecule has 0 aliphatic rings. The molecule has 0 aliphatic carbocycles. The van der Waals surface area contributed by atoms with E-state index in [1.807, 2.05) is 51.1 Å². The van der Waals surface area contributed by atoms with E-state index in [4.69, 9.17) is 11.6 Å². The number of carbonyl (C=O) groups excluding carboxylic acids is 1. The van der Waals surface area contributed by atoms with Crippen LogP contribution in [0.15, 0.2) is 60.8 Å². The highest BCUT2D eigenvalue weighted by Crippen LogP contribution is 2.23. The molecule has 5 nitrogen and oxygen atoms in total. The summed E-state index contributed by atoms with van der Waals surface area (Å²) in [7, 11) is 0. The van der Waals surface area contributed by atoms with E-state index in [9.17, 15) is 4.79 Å². The molecule has 0 spiro atoms. The first-order valence-corrected chi connectivity index (χ1v) is 9.60. The highest BCUT2D eigenvalue weighted by molar-refractivity contribution is 6.32. The average Bonchev–Trinajstić information content (AvgIpc) is 2.71. The zero-order valence-electron chi connectivity index (χ0n) is 16.2. The third-order valence-electron chi connectivity index (χ3n) is 4.62. The lowest BCUT2D eigenvalue weighted by Crippen LogP contribution is -2.32. The molecule has 1 amide bonds. The van der Waals surface area contributed by atoms with Crippen LogP contribution in [-0.4, -0.2) is 22.4 Å². The van der Waals surface area contributed by atoms with Gasteiger partial charge in [-0.2, -0.15) is 4.98 Å². The Hall–Kier alpha value is -2.92. The van der Waals surface area contributed by atoms with E-state index in [-0.39, 0.29) is 11.9 Å². The summed E-state index contributed by atoms with van der Waals surface area (Å²) in [6, 6.07) is 17.2. The summed E-state index contributed by atoms with van der Waals surface area (Å²) in [5, 5.41) is 3.87. The number of halogens is 1. The van der Waals surface area contributed by atoms with Gasteiger partial charge in [-0.3, -0.25) is 9.69 Å². The molecule has 0 unspecified atom stereocenters. The molecule has 2 aromatic carbocycles. The van der Waals surface area contributed by atoms with Crippen molar-refractivity contribution in [3.05, 3.63) is 82.5 Å². The number of aromatic nitrogens is 2. The van der Waals surface area contributed by atoms with Gasteiger partial charge in [0.05, 0.1) is 6.04 Å². The van der Waals surface area contributed by atoms with Crippen LogP contribution < -0.4 is 10.2 Å². The number of hydrogen-bond donors (Lipinski definition) is 1. The van der Waals surface area contributed by atoms with Gasteiger partial charge in [-0.15, -0.1) is 0 Å². The summed E-state index contributed by atoms with van der Waals surface area (Å²) in [6.45, 7) is 6.29. The van der Waals surface area contributed by atoms with Crippen molar-refractivity contribution in [3.63, 3.8) is 0 Å². The van der Waals surface area contributed by atoms with Gasteiger partial charge in [0.2, 0.25) is 5.95 Å². The Labute approximate surface area is 170 Å². The molecule has 3 rings (SSSR count). The molecule has 0 saturated heterocycles. The second-order valence-electron chi connectivity index (χ2n) is 6.48. The lowest BCUT2D eigenvalue weighted by Gasteiger charge is -2.22. The Kier molecular flexibility index (Phi) is 6.26. The van der Waals surface area contributed by atoms with Crippen LogP contribution in [0.1, 0.15) is 41.4 Å². The molecule has 1 N–H and O–H groups in total. The first kappa shape index (κ1) is 19.8. The fourth-order valence-electron chi connectivity index (χ4n) is 2.98. The fraction of sp³-hybridized carbons (Fsp3) is 0.227. The van der Waals surface area contributed by atoms with Gasteiger partial charge in [-0.25, -0.2) is 4.98 Å². The topological polar surface area (TPSA) is 58.1 Å². The summed E-state index contributed by atoms with van der Waals surface area (Å²) < 4.78 is 0. The minimum absolute atomic E-state index is 0.0393. The van der Waals surface area contributed by atoms with Gasteiger partial charge < -0.3 is 5.32 Å². The lowest BCUT2D eigenvalue weighted by molar-refractivity contribution is 0.0987. The molecule has 1 aromatic heterocycles. The molecule has 0 fully saturated rings. The van der Waals surface area contributed by atoms with Crippen molar-refractivity contribution in [1.29, 1.82) is 0 Å². The van der Waals surface area contributed by atoms with Gasteiger partial charge in [0.1, 0.15) is 5.82 Å². The Morgan fingerprint density at radius 1 is 1.14 bits per heavy atom. The van der Waals surface area contributed by atoms with Crippen molar-refractivity contribution < 1.29 is 4.79 Å². The zero-order chi connectivity index (χ0) is 20.1. The SMILES string of the molecule is CCN(C(=O)c1cccc(Cl)c1C)c1ccnc(N[C@@H](C)c2ccccc2)n1. The van der Waals surface area contributed by atoms with Gasteiger partial charge in [0, 0.05) is 23.3 Å². The molecule has 0 saturated carbocycles. The third-order valence-corrected chi connectivity index (χ3v) is 5.03. The van der Waals surface area contributed by atoms with Crippen molar-refractivity contribution in [2.45, 2.75) is 26.8 Å². The molecule has 1 atom stereocenters. The Morgan fingerprint density at radius 3 is 2.61 bits per heavy atom. The van der Waals surface area contributed by atoms with E-state index in [2.05, 4.69) is 15.3 Å². The molecule has 0 aliphatic heterocycles. The molecule has 3 aromatic rings. The van der Waals surface area contributed by atoms with Crippen molar-refractivity contribution in [3.8, 4) is 0 Å². The van der Waals surface area contributed by atoms with Crippen LogP contribution in [0.5, 0.6) is 0 Å². The number of nitrogens with one attached hydrogen (secondary N) is 1. The summed E-state index contributed by atoms with van der Waals surface area (Å²) in [6.07, 6.45) is 1.66. The second kappa shape index (κ2) is 8.85. The lowest BCUT2D eigenvalue weighted by atomic mass is 10.1. The summed E-state index contributed by atoms with van der Waals surface area (Å²) in [4.78, 5) is 23.6. The van der Waals surface area contributed by atoms with E-state index in [1.54, 1.807) is 35.4 Å². The second-order valence-corrected chi connectivity index (χ2v) is 6.88. The van der Waals surface area contributed by atoms with Crippen LogP contribution in [0.4, 0.5) is 11.8 Å². The molecule has 0 radical (unpaired) electrons. The van der Waals surface area contributed by atoms with Crippen LogP contribution in [0.25, 0.3) is 0 Å². The Balaban J connectivity index is 1.85. The third kappa shape index (κ3) is 4.31. The van der Waals surface area contributed by atoms with Crippen molar-refractivity contribution >= 4 is 29.3 Å². The predicted octanol–water partition coefficient (Wildman–Crippen LogP) is 5.28. The maximum Gasteiger partial charge on any atom is 0.259 e. The number of amides is 1. The minimum atomic E-state index is -0.136. The minimum Gasteiger partial charge on any atom is -0.348 e. The molecule has 144 valence electrons. The number of nitrogens with zero attached hydrogens (tertiary/aromatic N) is 3. The van der Waals surface area contributed by atoms with E-state index in [0.29, 0.717) is 28.9 Å². The Morgan fingerprint density at radius 2 is 1.89 bits per heavy atom.